The van der Waals surface area contributed by atoms with E-state index in [1.807, 2.05) is 19.1 Å². The van der Waals surface area contributed by atoms with Crippen LogP contribution in [0.2, 0.25) is 0 Å². The number of aryl methyl sites for hydroxylation is 1. The zero-order valence-electron chi connectivity index (χ0n) is 12.7. The molecular formula is C16H20F3NO2. The van der Waals surface area contributed by atoms with Crippen molar-refractivity contribution in [1.82, 2.24) is 4.90 Å². The second kappa shape index (κ2) is 6.58. The van der Waals surface area contributed by atoms with Crippen molar-refractivity contribution < 1.29 is 22.7 Å². The molecular weight excluding hydrogens is 295 g/mol. The molecule has 1 aliphatic rings. The Balaban J connectivity index is 2.12. The Kier molecular flexibility index (Phi) is 4.98. The monoisotopic (exact) mass is 315 g/mol. The minimum atomic E-state index is -4.35. The summed E-state index contributed by atoms with van der Waals surface area (Å²) in [5.74, 6) is 0.467. The van der Waals surface area contributed by atoms with E-state index in [-0.39, 0.29) is 11.8 Å². The molecule has 0 aliphatic carbocycles. The first kappa shape index (κ1) is 16.6. The maximum atomic E-state index is 12.4. The molecule has 3 nitrogen and oxygen atoms in total. The fourth-order valence-electron chi connectivity index (χ4n) is 2.77. The summed E-state index contributed by atoms with van der Waals surface area (Å²) in [6.07, 6.45) is -2.87. The molecule has 22 heavy (non-hydrogen) atoms. The van der Waals surface area contributed by atoms with Crippen molar-refractivity contribution in [2.75, 3.05) is 19.7 Å². The fraction of sp³-hybridized carbons (Fsp3) is 0.562. The maximum Gasteiger partial charge on any atom is 0.422 e. The standard InChI is InChI=1S/C16H20F3NO2/c1-11-3-4-14(15(9-11)22-10-16(17,18)19)13-5-7-20(8-6-13)12(2)21/h3-4,9,13H,5-8,10H2,1-2H3. The van der Waals surface area contributed by atoms with Gasteiger partial charge in [0.2, 0.25) is 5.91 Å². The van der Waals surface area contributed by atoms with Crippen molar-refractivity contribution in [1.29, 1.82) is 0 Å². The molecule has 1 aromatic rings. The van der Waals surface area contributed by atoms with E-state index >= 15 is 0 Å². The number of carbonyl (C=O) groups excluding carboxylic acids is 1. The molecule has 1 aromatic carbocycles. The average molecular weight is 315 g/mol. The van der Waals surface area contributed by atoms with Crippen molar-refractivity contribution in [2.24, 2.45) is 0 Å². The van der Waals surface area contributed by atoms with Gasteiger partial charge in [-0.25, -0.2) is 0 Å². The Morgan fingerprint density at radius 2 is 1.95 bits per heavy atom. The van der Waals surface area contributed by atoms with Gasteiger partial charge < -0.3 is 9.64 Å². The highest BCUT2D eigenvalue weighted by atomic mass is 19.4. The van der Waals surface area contributed by atoms with Crippen LogP contribution in [0.5, 0.6) is 5.75 Å². The summed E-state index contributed by atoms with van der Waals surface area (Å²) in [5, 5.41) is 0. The smallest absolute Gasteiger partial charge is 0.422 e. The fourth-order valence-corrected chi connectivity index (χ4v) is 2.77. The molecule has 1 fully saturated rings. The number of rotatable bonds is 3. The van der Waals surface area contributed by atoms with E-state index in [1.54, 1.807) is 11.0 Å². The molecule has 0 atom stereocenters. The largest absolute Gasteiger partial charge is 0.484 e. The SMILES string of the molecule is CC(=O)N1CCC(c2ccc(C)cc2OCC(F)(F)F)CC1. The third-order valence-electron chi connectivity index (χ3n) is 3.94. The van der Waals surface area contributed by atoms with Gasteiger partial charge in [-0.2, -0.15) is 13.2 Å². The van der Waals surface area contributed by atoms with Gasteiger partial charge in [-0.15, -0.1) is 0 Å². The molecule has 0 radical (unpaired) electrons. The molecule has 1 saturated heterocycles. The van der Waals surface area contributed by atoms with Gasteiger partial charge in [-0.05, 0) is 42.9 Å². The first-order valence-corrected chi connectivity index (χ1v) is 7.32. The number of benzene rings is 1. The van der Waals surface area contributed by atoms with E-state index in [1.165, 1.54) is 6.92 Å². The highest BCUT2D eigenvalue weighted by Crippen LogP contribution is 2.35. The molecule has 0 aromatic heterocycles. The number of hydrogen-bond donors (Lipinski definition) is 0. The quantitative estimate of drug-likeness (QED) is 0.852. The first-order chi connectivity index (χ1) is 10.3. The van der Waals surface area contributed by atoms with E-state index in [0.29, 0.717) is 18.8 Å². The number of alkyl halides is 3. The normalized spacial score (nSPS) is 16.7. The number of ether oxygens (including phenoxy) is 1. The number of piperidine rings is 1. The maximum absolute atomic E-state index is 12.4. The number of amides is 1. The molecule has 0 N–H and O–H groups in total. The zero-order valence-corrected chi connectivity index (χ0v) is 12.7. The summed E-state index contributed by atoms with van der Waals surface area (Å²) < 4.78 is 42.2. The van der Waals surface area contributed by atoms with E-state index < -0.39 is 12.8 Å². The summed E-state index contributed by atoms with van der Waals surface area (Å²) in [6, 6.07) is 5.38. The number of likely N-dealkylation sites (tertiary alicyclic amines) is 1. The Morgan fingerprint density at radius 3 is 2.50 bits per heavy atom. The van der Waals surface area contributed by atoms with Crippen molar-refractivity contribution in [3.8, 4) is 5.75 Å². The molecule has 1 aliphatic heterocycles. The lowest BCUT2D eigenvalue weighted by atomic mass is 9.88. The van der Waals surface area contributed by atoms with Gasteiger partial charge >= 0.3 is 6.18 Å². The van der Waals surface area contributed by atoms with Gasteiger partial charge in [0, 0.05) is 20.0 Å². The zero-order chi connectivity index (χ0) is 16.3. The van der Waals surface area contributed by atoms with E-state index in [9.17, 15) is 18.0 Å². The second-order valence-electron chi connectivity index (χ2n) is 5.73. The van der Waals surface area contributed by atoms with Crippen LogP contribution < -0.4 is 4.74 Å². The lowest BCUT2D eigenvalue weighted by molar-refractivity contribution is -0.153. The van der Waals surface area contributed by atoms with Gasteiger partial charge in [0.25, 0.3) is 0 Å². The summed E-state index contributed by atoms with van der Waals surface area (Å²) in [5.41, 5.74) is 1.67. The van der Waals surface area contributed by atoms with Crippen LogP contribution in [0, 0.1) is 6.92 Å². The summed E-state index contributed by atoms with van der Waals surface area (Å²) in [4.78, 5) is 13.1. The number of hydrogen-bond acceptors (Lipinski definition) is 2. The van der Waals surface area contributed by atoms with Crippen LogP contribution in [0.25, 0.3) is 0 Å². The van der Waals surface area contributed by atoms with Crippen LogP contribution in [0.3, 0.4) is 0 Å². The molecule has 2 rings (SSSR count). The predicted molar refractivity (Wildman–Crippen MR) is 77.0 cm³/mol. The van der Waals surface area contributed by atoms with Crippen LogP contribution >= 0.6 is 0 Å². The van der Waals surface area contributed by atoms with E-state index in [0.717, 1.165) is 24.0 Å². The highest BCUT2D eigenvalue weighted by molar-refractivity contribution is 5.73. The van der Waals surface area contributed by atoms with Crippen molar-refractivity contribution in [3.63, 3.8) is 0 Å². The molecule has 0 spiro atoms. The summed E-state index contributed by atoms with van der Waals surface area (Å²) in [6.45, 7) is 3.33. The average Bonchev–Trinajstić information content (AvgIpc) is 2.44. The number of halogens is 3. The lowest BCUT2D eigenvalue weighted by Gasteiger charge is -2.32. The van der Waals surface area contributed by atoms with Crippen LogP contribution in [0.15, 0.2) is 18.2 Å². The molecule has 122 valence electrons. The number of nitrogens with zero attached hydrogens (tertiary/aromatic N) is 1. The molecule has 1 heterocycles. The second-order valence-corrected chi connectivity index (χ2v) is 5.73. The van der Waals surface area contributed by atoms with Gasteiger partial charge in [-0.1, -0.05) is 12.1 Å². The van der Waals surface area contributed by atoms with Crippen LogP contribution in [-0.4, -0.2) is 36.7 Å². The highest BCUT2D eigenvalue weighted by Gasteiger charge is 2.30. The topological polar surface area (TPSA) is 29.5 Å². The molecule has 0 unspecified atom stereocenters. The van der Waals surface area contributed by atoms with Crippen LogP contribution in [-0.2, 0) is 4.79 Å². The van der Waals surface area contributed by atoms with Crippen molar-refractivity contribution >= 4 is 5.91 Å². The minimum absolute atomic E-state index is 0.0379. The van der Waals surface area contributed by atoms with E-state index in [4.69, 9.17) is 4.74 Å². The Bertz CT molecular complexity index is 535. The minimum Gasteiger partial charge on any atom is -0.484 e. The Labute approximate surface area is 128 Å². The van der Waals surface area contributed by atoms with Gasteiger partial charge in [0.15, 0.2) is 6.61 Å². The molecule has 1 amide bonds. The Morgan fingerprint density at radius 1 is 1.32 bits per heavy atom. The molecule has 6 heteroatoms. The molecule has 0 bridgehead atoms. The van der Waals surface area contributed by atoms with Gasteiger partial charge in [-0.3, -0.25) is 4.79 Å². The predicted octanol–water partition coefficient (Wildman–Crippen LogP) is 3.66. The van der Waals surface area contributed by atoms with Crippen LogP contribution in [0.1, 0.15) is 36.8 Å². The third kappa shape index (κ3) is 4.39. The lowest BCUT2D eigenvalue weighted by Crippen LogP contribution is -2.36. The Hall–Kier alpha value is -1.72. The number of carbonyl (C=O) groups is 1. The third-order valence-corrected chi connectivity index (χ3v) is 3.94. The first-order valence-electron chi connectivity index (χ1n) is 7.32. The van der Waals surface area contributed by atoms with E-state index in [2.05, 4.69) is 0 Å². The summed E-state index contributed by atoms with van der Waals surface area (Å²) in [7, 11) is 0. The van der Waals surface area contributed by atoms with Gasteiger partial charge in [0.05, 0.1) is 0 Å². The molecule has 0 saturated carbocycles. The summed E-state index contributed by atoms with van der Waals surface area (Å²) >= 11 is 0. The van der Waals surface area contributed by atoms with Crippen molar-refractivity contribution in [3.05, 3.63) is 29.3 Å². The van der Waals surface area contributed by atoms with Crippen molar-refractivity contribution in [2.45, 2.75) is 38.8 Å². The van der Waals surface area contributed by atoms with Crippen LogP contribution in [0.4, 0.5) is 13.2 Å². The van der Waals surface area contributed by atoms with Gasteiger partial charge in [0.1, 0.15) is 5.75 Å².